The summed E-state index contributed by atoms with van der Waals surface area (Å²) in [5.41, 5.74) is 7.68. The minimum atomic E-state index is -0.0543. The zero-order valence-electron chi connectivity index (χ0n) is 8.16. The molecule has 1 saturated carbocycles. The van der Waals surface area contributed by atoms with E-state index in [1.807, 2.05) is 6.07 Å². The molecule has 1 unspecified atom stereocenters. The summed E-state index contributed by atoms with van der Waals surface area (Å²) < 4.78 is 0. The molecule has 0 bridgehead atoms. The van der Waals surface area contributed by atoms with E-state index in [4.69, 9.17) is 5.73 Å². The van der Waals surface area contributed by atoms with Gasteiger partial charge in [-0.25, -0.2) is 0 Å². The summed E-state index contributed by atoms with van der Waals surface area (Å²) in [7, 11) is 0. The van der Waals surface area contributed by atoms with Gasteiger partial charge < -0.3 is 5.73 Å². The summed E-state index contributed by atoms with van der Waals surface area (Å²) in [5, 5.41) is 0. The van der Waals surface area contributed by atoms with E-state index >= 15 is 0 Å². The van der Waals surface area contributed by atoms with Crippen molar-refractivity contribution in [3.05, 3.63) is 35.9 Å². The highest BCUT2D eigenvalue weighted by atomic mass is 14.8. The Kier molecular flexibility index (Phi) is 2.12. The van der Waals surface area contributed by atoms with E-state index in [9.17, 15) is 0 Å². The molecule has 1 aromatic carbocycles. The smallest absolute Gasteiger partial charge is 0.0435 e. The Morgan fingerprint density at radius 3 is 2.38 bits per heavy atom. The maximum atomic E-state index is 6.42. The third kappa shape index (κ3) is 1.49. The molecule has 0 amide bonds. The van der Waals surface area contributed by atoms with Gasteiger partial charge in [-0.2, -0.15) is 0 Å². The van der Waals surface area contributed by atoms with Gasteiger partial charge in [0.15, 0.2) is 0 Å². The first-order valence-electron chi connectivity index (χ1n) is 5.12. The lowest BCUT2D eigenvalue weighted by molar-refractivity contribution is 0.370. The van der Waals surface area contributed by atoms with E-state index in [1.54, 1.807) is 0 Å². The van der Waals surface area contributed by atoms with Gasteiger partial charge in [-0.1, -0.05) is 37.3 Å². The van der Waals surface area contributed by atoms with Crippen molar-refractivity contribution >= 4 is 0 Å². The zero-order chi connectivity index (χ0) is 9.31. The number of benzene rings is 1. The van der Waals surface area contributed by atoms with Gasteiger partial charge in [-0.15, -0.1) is 0 Å². The minimum Gasteiger partial charge on any atom is -0.321 e. The lowest BCUT2D eigenvalue weighted by atomic mass is 9.84. The molecule has 1 atom stereocenters. The first-order valence-corrected chi connectivity index (χ1v) is 5.12. The van der Waals surface area contributed by atoms with Crippen LogP contribution in [0.5, 0.6) is 0 Å². The average molecular weight is 175 g/mol. The zero-order valence-corrected chi connectivity index (χ0v) is 8.16. The van der Waals surface area contributed by atoms with Crippen LogP contribution in [0, 0.1) is 5.92 Å². The maximum Gasteiger partial charge on any atom is 0.0435 e. The maximum absolute atomic E-state index is 6.42. The molecule has 1 aliphatic carbocycles. The largest absolute Gasteiger partial charge is 0.321 e. The van der Waals surface area contributed by atoms with E-state index in [0.29, 0.717) is 0 Å². The fourth-order valence-corrected chi connectivity index (χ4v) is 2.08. The first-order chi connectivity index (χ1) is 6.27. The minimum absolute atomic E-state index is 0.0543. The molecule has 1 aromatic rings. The lowest BCUT2D eigenvalue weighted by Gasteiger charge is -2.28. The highest BCUT2D eigenvalue weighted by Gasteiger charge is 2.41. The molecule has 0 heterocycles. The van der Waals surface area contributed by atoms with Gasteiger partial charge in [0.05, 0.1) is 0 Å². The first kappa shape index (κ1) is 8.76. The van der Waals surface area contributed by atoms with Gasteiger partial charge in [-0.05, 0) is 30.7 Å². The molecular formula is C12H17N. The van der Waals surface area contributed by atoms with Gasteiger partial charge in [-0.3, -0.25) is 0 Å². The van der Waals surface area contributed by atoms with Crippen LogP contribution in [-0.2, 0) is 5.54 Å². The van der Waals surface area contributed by atoms with Crippen molar-refractivity contribution in [3.8, 4) is 0 Å². The molecule has 13 heavy (non-hydrogen) atoms. The summed E-state index contributed by atoms with van der Waals surface area (Å²) in [6, 6.07) is 10.5. The van der Waals surface area contributed by atoms with Crippen LogP contribution in [0.15, 0.2) is 30.3 Å². The Bertz CT molecular complexity index is 276. The molecule has 0 radical (unpaired) electrons. The van der Waals surface area contributed by atoms with E-state index in [-0.39, 0.29) is 5.54 Å². The van der Waals surface area contributed by atoms with Crippen molar-refractivity contribution in [1.82, 2.24) is 0 Å². The van der Waals surface area contributed by atoms with Crippen LogP contribution in [0.3, 0.4) is 0 Å². The Morgan fingerprint density at radius 2 is 1.92 bits per heavy atom. The molecular weight excluding hydrogens is 158 g/mol. The quantitative estimate of drug-likeness (QED) is 0.751. The van der Waals surface area contributed by atoms with E-state index in [2.05, 4.69) is 31.2 Å². The van der Waals surface area contributed by atoms with Gasteiger partial charge in [0.2, 0.25) is 0 Å². The highest BCUT2D eigenvalue weighted by molar-refractivity contribution is 5.26. The van der Waals surface area contributed by atoms with Crippen LogP contribution in [0.4, 0.5) is 0 Å². The number of rotatable bonds is 3. The molecule has 1 aliphatic rings. The SMILES string of the molecule is CCC(N)(c1ccccc1)C1CC1. The monoisotopic (exact) mass is 175 g/mol. The molecule has 70 valence electrons. The van der Waals surface area contributed by atoms with Gasteiger partial charge >= 0.3 is 0 Å². The van der Waals surface area contributed by atoms with Crippen molar-refractivity contribution in [1.29, 1.82) is 0 Å². The molecule has 0 spiro atoms. The molecule has 1 fully saturated rings. The van der Waals surface area contributed by atoms with Gasteiger partial charge in [0.1, 0.15) is 0 Å². The Hall–Kier alpha value is -0.820. The fourth-order valence-electron chi connectivity index (χ4n) is 2.08. The van der Waals surface area contributed by atoms with Gasteiger partial charge in [0.25, 0.3) is 0 Å². The predicted octanol–water partition coefficient (Wildman–Crippen LogP) is 2.66. The summed E-state index contributed by atoms with van der Waals surface area (Å²) in [6.07, 6.45) is 3.65. The summed E-state index contributed by atoms with van der Waals surface area (Å²) in [5.74, 6) is 0.722. The van der Waals surface area contributed by atoms with Crippen molar-refractivity contribution < 1.29 is 0 Å². The summed E-state index contributed by atoms with van der Waals surface area (Å²) in [6.45, 7) is 2.19. The van der Waals surface area contributed by atoms with Crippen molar-refractivity contribution in [2.45, 2.75) is 31.7 Å². The summed E-state index contributed by atoms with van der Waals surface area (Å²) >= 11 is 0. The van der Waals surface area contributed by atoms with Crippen LogP contribution in [0.2, 0.25) is 0 Å². The number of hydrogen-bond donors (Lipinski definition) is 1. The molecule has 1 nitrogen and oxygen atoms in total. The third-order valence-corrected chi connectivity index (χ3v) is 3.20. The standard InChI is InChI=1S/C12H17N/c1-2-12(13,11-8-9-11)10-6-4-3-5-7-10/h3-7,11H,2,8-9,13H2,1H3. The van der Waals surface area contributed by atoms with Crippen LogP contribution in [-0.4, -0.2) is 0 Å². The molecule has 2 rings (SSSR count). The molecule has 0 aromatic heterocycles. The van der Waals surface area contributed by atoms with Gasteiger partial charge in [0, 0.05) is 5.54 Å². The fraction of sp³-hybridized carbons (Fsp3) is 0.500. The molecule has 1 heteroatoms. The van der Waals surface area contributed by atoms with Crippen molar-refractivity contribution in [2.75, 3.05) is 0 Å². The second-order valence-corrected chi connectivity index (χ2v) is 4.03. The molecule has 0 saturated heterocycles. The van der Waals surface area contributed by atoms with Crippen molar-refractivity contribution in [2.24, 2.45) is 11.7 Å². The second kappa shape index (κ2) is 3.15. The predicted molar refractivity (Wildman–Crippen MR) is 55.3 cm³/mol. The Balaban J connectivity index is 2.30. The van der Waals surface area contributed by atoms with Crippen LogP contribution in [0.1, 0.15) is 31.7 Å². The van der Waals surface area contributed by atoms with E-state index in [1.165, 1.54) is 18.4 Å². The highest BCUT2D eigenvalue weighted by Crippen LogP contribution is 2.45. The van der Waals surface area contributed by atoms with E-state index < -0.39 is 0 Å². The van der Waals surface area contributed by atoms with Crippen LogP contribution in [0.25, 0.3) is 0 Å². The van der Waals surface area contributed by atoms with Crippen LogP contribution < -0.4 is 5.73 Å². The van der Waals surface area contributed by atoms with Crippen molar-refractivity contribution in [3.63, 3.8) is 0 Å². The topological polar surface area (TPSA) is 26.0 Å². The Morgan fingerprint density at radius 1 is 1.31 bits per heavy atom. The molecule has 0 aliphatic heterocycles. The van der Waals surface area contributed by atoms with E-state index in [0.717, 1.165) is 12.3 Å². The second-order valence-electron chi connectivity index (χ2n) is 4.03. The summed E-state index contributed by atoms with van der Waals surface area (Å²) in [4.78, 5) is 0. The average Bonchev–Trinajstić information content (AvgIpc) is 3.02. The molecule has 2 N–H and O–H groups in total. The number of nitrogens with two attached hydrogens (primary N) is 1. The Labute approximate surface area is 80.0 Å². The lowest BCUT2D eigenvalue weighted by Crippen LogP contribution is -2.38. The third-order valence-electron chi connectivity index (χ3n) is 3.20. The van der Waals surface area contributed by atoms with Crippen LogP contribution >= 0.6 is 0 Å². The normalized spacial score (nSPS) is 21.1. The number of hydrogen-bond acceptors (Lipinski definition) is 1.